The quantitative estimate of drug-likeness (QED) is 0.801. The number of amides is 1. The third-order valence-electron chi connectivity index (χ3n) is 5.04. The minimum absolute atomic E-state index is 0.102. The van der Waals surface area contributed by atoms with Gasteiger partial charge in [-0.25, -0.2) is 4.39 Å². The zero-order valence-corrected chi connectivity index (χ0v) is 13.4. The molecular formula is C19H23FN2O. The predicted molar refractivity (Wildman–Crippen MR) is 88.1 cm³/mol. The van der Waals surface area contributed by atoms with E-state index in [-0.39, 0.29) is 23.7 Å². The van der Waals surface area contributed by atoms with E-state index in [1.165, 1.54) is 12.1 Å². The van der Waals surface area contributed by atoms with Crippen molar-refractivity contribution in [3.63, 3.8) is 0 Å². The molecule has 0 unspecified atom stereocenters. The molecule has 1 aromatic rings. The number of terminal acetylenes is 1. The van der Waals surface area contributed by atoms with E-state index in [4.69, 9.17) is 6.42 Å². The Hall–Kier alpha value is -1.86. The van der Waals surface area contributed by atoms with Crippen molar-refractivity contribution >= 4 is 5.91 Å². The SMILES string of the molecule is C#CCN1CCC(C(=O)N2CCC[C@@H]2c2ccc(F)cc2)CC1. The van der Waals surface area contributed by atoms with Gasteiger partial charge in [-0.15, -0.1) is 6.42 Å². The number of rotatable bonds is 3. The Morgan fingerprint density at radius 2 is 1.87 bits per heavy atom. The normalized spacial score (nSPS) is 23.0. The topological polar surface area (TPSA) is 23.6 Å². The summed E-state index contributed by atoms with van der Waals surface area (Å²) in [5.74, 6) is 2.80. The van der Waals surface area contributed by atoms with E-state index in [1.54, 1.807) is 12.1 Å². The van der Waals surface area contributed by atoms with Crippen LogP contribution in [0.1, 0.15) is 37.3 Å². The van der Waals surface area contributed by atoms with Crippen molar-refractivity contribution in [1.29, 1.82) is 0 Å². The van der Waals surface area contributed by atoms with Gasteiger partial charge in [-0.2, -0.15) is 0 Å². The van der Waals surface area contributed by atoms with Gasteiger partial charge in [0.2, 0.25) is 5.91 Å². The Balaban J connectivity index is 1.65. The summed E-state index contributed by atoms with van der Waals surface area (Å²) >= 11 is 0. The number of likely N-dealkylation sites (tertiary alicyclic amines) is 2. The lowest BCUT2D eigenvalue weighted by Crippen LogP contribution is -2.42. The summed E-state index contributed by atoms with van der Waals surface area (Å²) in [5.41, 5.74) is 1.04. The maximum Gasteiger partial charge on any atom is 0.226 e. The second-order valence-electron chi connectivity index (χ2n) is 6.50. The fraction of sp³-hybridized carbons (Fsp3) is 0.526. The minimum Gasteiger partial charge on any atom is -0.335 e. The van der Waals surface area contributed by atoms with Crippen LogP contribution in [0, 0.1) is 24.1 Å². The first-order valence-electron chi connectivity index (χ1n) is 8.41. The van der Waals surface area contributed by atoms with E-state index < -0.39 is 0 Å². The first-order valence-corrected chi connectivity index (χ1v) is 8.41. The summed E-state index contributed by atoms with van der Waals surface area (Å²) in [6, 6.07) is 6.68. The van der Waals surface area contributed by atoms with Crippen LogP contribution in [0.15, 0.2) is 24.3 Å². The van der Waals surface area contributed by atoms with Crippen LogP contribution in [0.25, 0.3) is 0 Å². The van der Waals surface area contributed by atoms with Gasteiger partial charge >= 0.3 is 0 Å². The van der Waals surface area contributed by atoms with Gasteiger partial charge in [0.05, 0.1) is 12.6 Å². The Morgan fingerprint density at radius 3 is 2.52 bits per heavy atom. The smallest absolute Gasteiger partial charge is 0.226 e. The second-order valence-corrected chi connectivity index (χ2v) is 6.50. The number of carbonyl (C=O) groups excluding carboxylic acids is 1. The highest BCUT2D eigenvalue weighted by atomic mass is 19.1. The summed E-state index contributed by atoms with van der Waals surface area (Å²) in [5, 5.41) is 0. The van der Waals surface area contributed by atoms with Crippen LogP contribution in [0.4, 0.5) is 4.39 Å². The van der Waals surface area contributed by atoms with E-state index in [1.807, 2.05) is 4.90 Å². The molecule has 1 aromatic carbocycles. The van der Waals surface area contributed by atoms with Gasteiger partial charge in [0, 0.05) is 12.5 Å². The summed E-state index contributed by atoms with van der Waals surface area (Å²) in [6.45, 7) is 3.28. The highest BCUT2D eigenvalue weighted by molar-refractivity contribution is 5.79. The highest BCUT2D eigenvalue weighted by Crippen LogP contribution is 2.34. The summed E-state index contributed by atoms with van der Waals surface area (Å²) in [7, 11) is 0. The minimum atomic E-state index is -0.231. The van der Waals surface area contributed by atoms with Gasteiger partial charge in [0.15, 0.2) is 0 Å². The molecule has 0 N–H and O–H groups in total. The van der Waals surface area contributed by atoms with Crippen molar-refractivity contribution in [1.82, 2.24) is 9.80 Å². The molecule has 0 aliphatic carbocycles. The highest BCUT2D eigenvalue weighted by Gasteiger charge is 2.35. The summed E-state index contributed by atoms with van der Waals surface area (Å²) in [6.07, 6.45) is 9.10. The molecule has 2 saturated heterocycles. The van der Waals surface area contributed by atoms with Gasteiger partial charge in [0.1, 0.15) is 5.82 Å². The van der Waals surface area contributed by atoms with Crippen molar-refractivity contribution in [2.45, 2.75) is 31.7 Å². The molecule has 0 spiro atoms. The average Bonchev–Trinajstić information content (AvgIpc) is 3.05. The fourth-order valence-electron chi connectivity index (χ4n) is 3.76. The molecule has 4 heteroatoms. The van der Waals surface area contributed by atoms with Crippen molar-refractivity contribution in [3.05, 3.63) is 35.6 Å². The molecule has 1 atom stereocenters. The van der Waals surface area contributed by atoms with Gasteiger partial charge < -0.3 is 4.90 Å². The molecule has 3 rings (SSSR count). The Morgan fingerprint density at radius 1 is 1.17 bits per heavy atom. The Labute approximate surface area is 137 Å². The van der Waals surface area contributed by atoms with E-state index in [9.17, 15) is 9.18 Å². The zero-order valence-electron chi connectivity index (χ0n) is 13.4. The van der Waals surface area contributed by atoms with Crippen molar-refractivity contribution in [2.75, 3.05) is 26.2 Å². The van der Waals surface area contributed by atoms with Crippen molar-refractivity contribution in [2.24, 2.45) is 5.92 Å². The van der Waals surface area contributed by atoms with E-state index in [0.29, 0.717) is 6.54 Å². The number of nitrogens with zero attached hydrogens (tertiary/aromatic N) is 2. The molecule has 0 saturated carbocycles. The number of halogens is 1. The summed E-state index contributed by atoms with van der Waals surface area (Å²) in [4.78, 5) is 17.1. The number of benzene rings is 1. The maximum absolute atomic E-state index is 13.1. The fourth-order valence-corrected chi connectivity index (χ4v) is 3.76. The third kappa shape index (κ3) is 3.56. The number of hydrogen-bond acceptors (Lipinski definition) is 2. The molecule has 0 radical (unpaired) electrons. The molecule has 1 amide bonds. The van der Waals surface area contributed by atoms with Gasteiger partial charge in [0.25, 0.3) is 0 Å². The number of piperidine rings is 1. The van der Waals surface area contributed by atoms with Crippen LogP contribution < -0.4 is 0 Å². The average molecular weight is 314 g/mol. The third-order valence-corrected chi connectivity index (χ3v) is 5.04. The summed E-state index contributed by atoms with van der Waals surface area (Å²) < 4.78 is 13.1. The van der Waals surface area contributed by atoms with Crippen LogP contribution in [-0.4, -0.2) is 41.9 Å². The number of carbonyl (C=O) groups is 1. The lowest BCUT2D eigenvalue weighted by Gasteiger charge is -2.34. The van der Waals surface area contributed by atoms with Crippen LogP contribution in [0.2, 0.25) is 0 Å². The lowest BCUT2D eigenvalue weighted by molar-refractivity contribution is -0.138. The van der Waals surface area contributed by atoms with Crippen LogP contribution in [-0.2, 0) is 4.79 Å². The first kappa shape index (κ1) is 16.0. The van der Waals surface area contributed by atoms with Gasteiger partial charge in [-0.05, 0) is 56.5 Å². The molecule has 122 valence electrons. The molecule has 2 aliphatic heterocycles. The largest absolute Gasteiger partial charge is 0.335 e. The van der Waals surface area contributed by atoms with Gasteiger partial charge in [-0.3, -0.25) is 9.69 Å². The molecule has 2 fully saturated rings. The molecule has 2 heterocycles. The van der Waals surface area contributed by atoms with E-state index in [0.717, 1.165) is 50.9 Å². The number of hydrogen-bond donors (Lipinski definition) is 0. The van der Waals surface area contributed by atoms with Crippen molar-refractivity contribution < 1.29 is 9.18 Å². The lowest BCUT2D eigenvalue weighted by atomic mass is 9.94. The first-order chi connectivity index (χ1) is 11.2. The van der Waals surface area contributed by atoms with Crippen LogP contribution in [0.5, 0.6) is 0 Å². The van der Waals surface area contributed by atoms with Crippen LogP contribution in [0.3, 0.4) is 0 Å². The predicted octanol–water partition coefficient (Wildman–Crippen LogP) is 2.83. The monoisotopic (exact) mass is 314 g/mol. The Bertz CT molecular complexity index is 584. The Kier molecular flexibility index (Phi) is 4.97. The molecular weight excluding hydrogens is 291 g/mol. The van der Waals surface area contributed by atoms with Crippen LogP contribution >= 0.6 is 0 Å². The molecule has 23 heavy (non-hydrogen) atoms. The maximum atomic E-state index is 13.1. The standard InChI is InChI=1S/C19H23FN2O/c1-2-11-21-13-9-16(10-14-21)19(23)22-12-3-4-18(22)15-5-7-17(20)8-6-15/h1,5-8,16,18H,3-4,9-14H2/t18-/m1/s1. The zero-order chi connectivity index (χ0) is 16.2. The van der Waals surface area contributed by atoms with E-state index in [2.05, 4.69) is 10.8 Å². The molecule has 0 aromatic heterocycles. The van der Waals surface area contributed by atoms with Gasteiger partial charge in [-0.1, -0.05) is 18.1 Å². The second kappa shape index (κ2) is 7.14. The molecule has 0 bridgehead atoms. The molecule has 2 aliphatic rings. The van der Waals surface area contributed by atoms with E-state index >= 15 is 0 Å². The molecule has 3 nitrogen and oxygen atoms in total. The van der Waals surface area contributed by atoms with Crippen molar-refractivity contribution in [3.8, 4) is 12.3 Å².